The van der Waals surface area contributed by atoms with Gasteiger partial charge in [0.05, 0.1) is 30.3 Å². The summed E-state index contributed by atoms with van der Waals surface area (Å²) in [6.45, 7) is 6.94. The number of aliphatic hydroxyl groups is 1. The molecular formula is C26H33F2N7O3. The molecule has 5 rings (SSSR count). The molecule has 2 saturated heterocycles. The van der Waals surface area contributed by atoms with E-state index in [9.17, 15) is 18.7 Å². The number of nitrogens with two attached hydrogens (primary N) is 1. The lowest BCUT2D eigenvalue weighted by Crippen LogP contribution is -2.63. The molecule has 1 aromatic carbocycles. The molecular weight excluding hydrogens is 496 g/mol. The number of nitrogens with one attached hydrogen (secondary N) is 1. The average molecular weight is 530 g/mol. The van der Waals surface area contributed by atoms with Crippen molar-refractivity contribution in [3.8, 4) is 0 Å². The number of hydrogen-bond acceptors (Lipinski definition) is 6. The third kappa shape index (κ3) is 5.23. The first kappa shape index (κ1) is 26.1. The van der Waals surface area contributed by atoms with Crippen molar-refractivity contribution in [2.24, 2.45) is 10.7 Å². The van der Waals surface area contributed by atoms with Gasteiger partial charge < -0.3 is 30.7 Å². The Morgan fingerprint density at radius 1 is 1.24 bits per heavy atom. The molecule has 0 unspecified atom stereocenters. The lowest BCUT2D eigenvalue weighted by Gasteiger charge is -2.43. The highest BCUT2D eigenvalue weighted by molar-refractivity contribution is 5.87. The molecule has 2 aromatic rings. The highest BCUT2D eigenvalue weighted by atomic mass is 19.3. The molecule has 3 fully saturated rings. The first-order chi connectivity index (χ1) is 18.2. The van der Waals surface area contributed by atoms with Gasteiger partial charge in [0, 0.05) is 38.0 Å². The maximum Gasteiger partial charge on any atom is 0.296 e. The monoisotopic (exact) mass is 529 g/mol. The summed E-state index contributed by atoms with van der Waals surface area (Å²) in [7, 11) is 0. The lowest BCUT2D eigenvalue weighted by atomic mass is 9.97. The van der Waals surface area contributed by atoms with Gasteiger partial charge in [0.25, 0.3) is 12.3 Å². The second-order valence-electron chi connectivity index (χ2n) is 9.98. The van der Waals surface area contributed by atoms with E-state index in [0.29, 0.717) is 69.0 Å². The number of amides is 1. The molecule has 1 aromatic heterocycles. The van der Waals surface area contributed by atoms with Crippen molar-refractivity contribution in [3.63, 3.8) is 0 Å². The third-order valence-electron chi connectivity index (χ3n) is 7.27. The Balaban J connectivity index is 1.39. The van der Waals surface area contributed by atoms with Gasteiger partial charge in [-0.05, 0) is 37.8 Å². The Labute approximate surface area is 219 Å². The minimum Gasteiger partial charge on any atom is -0.380 e. The summed E-state index contributed by atoms with van der Waals surface area (Å²) < 4.78 is 34.9. The molecule has 10 nitrogen and oxygen atoms in total. The zero-order chi connectivity index (χ0) is 26.9. The highest BCUT2D eigenvalue weighted by Gasteiger charge is 2.45. The summed E-state index contributed by atoms with van der Waals surface area (Å²) in [5.74, 6) is -0.364. The number of aromatic nitrogens is 2. The number of para-hydroxylation sites is 2. The quantitative estimate of drug-likeness (QED) is 0.285. The number of alkyl halides is 2. The lowest BCUT2D eigenvalue weighted by molar-refractivity contribution is -0.155. The maximum atomic E-state index is 14.1. The molecule has 0 radical (unpaired) electrons. The number of fused-ring (bicyclic) bond motifs is 1. The van der Waals surface area contributed by atoms with Crippen LogP contribution >= 0.6 is 0 Å². The van der Waals surface area contributed by atoms with E-state index < -0.39 is 17.9 Å². The molecule has 0 bridgehead atoms. The Hall–Kier alpha value is -3.51. The average Bonchev–Trinajstić information content (AvgIpc) is 3.50. The molecule has 38 heavy (non-hydrogen) atoms. The van der Waals surface area contributed by atoms with E-state index in [1.54, 1.807) is 35.2 Å². The standard InChI is InChI=1S/C26H33F2N7O3/c1-17(30-18-15-34(16-18)24(36)26(37)8-4-5-9-26)14-21(32-25(29)33-10-12-38-13-11-33)35-20-7-3-2-6-19(20)31-23(35)22(27)28/h2-3,6-7,14,18,22,30,37H,1,4-5,8-13,15-16H2,(H2,29,32)/b21-14+. The Kier molecular flexibility index (Phi) is 7.35. The number of carbonyl (C=O) groups excluding carboxylic acids is 1. The Bertz CT molecular complexity index is 1260. The van der Waals surface area contributed by atoms with Crippen molar-refractivity contribution in [2.75, 3.05) is 39.4 Å². The van der Waals surface area contributed by atoms with Gasteiger partial charge in [-0.25, -0.2) is 13.8 Å². The molecule has 204 valence electrons. The molecule has 0 spiro atoms. The van der Waals surface area contributed by atoms with Crippen molar-refractivity contribution in [1.29, 1.82) is 0 Å². The number of carbonyl (C=O) groups is 1. The van der Waals surface area contributed by atoms with Crippen LogP contribution in [0.4, 0.5) is 8.78 Å². The second-order valence-corrected chi connectivity index (χ2v) is 9.98. The highest BCUT2D eigenvalue weighted by Crippen LogP contribution is 2.33. The number of morpholine rings is 1. The molecule has 3 aliphatic rings. The van der Waals surface area contributed by atoms with E-state index in [2.05, 4.69) is 21.9 Å². The first-order valence-corrected chi connectivity index (χ1v) is 12.9. The van der Waals surface area contributed by atoms with Crippen LogP contribution in [0.5, 0.6) is 0 Å². The number of guanidine groups is 1. The number of likely N-dealkylation sites (tertiary alicyclic amines) is 1. The van der Waals surface area contributed by atoms with Crippen molar-refractivity contribution in [2.45, 2.75) is 43.8 Å². The third-order valence-corrected chi connectivity index (χ3v) is 7.27. The van der Waals surface area contributed by atoms with Crippen LogP contribution in [-0.2, 0) is 9.53 Å². The van der Waals surface area contributed by atoms with E-state index in [1.807, 2.05) is 4.90 Å². The molecule has 1 amide bonds. The summed E-state index contributed by atoms with van der Waals surface area (Å²) in [5, 5.41) is 13.8. The number of benzene rings is 1. The van der Waals surface area contributed by atoms with Crippen LogP contribution in [0.3, 0.4) is 0 Å². The van der Waals surface area contributed by atoms with Crippen LogP contribution in [0.1, 0.15) is 37.9 Å². The predicted molar refractivity (Wildman–Crippen MR) is 139 cm³/mol. The van der Waals surface area contributed by atoms with Crippen LogP contribution in [-0.4, -0.2) is 87.4 Å². The maximum absolute atomic E-state index is 14.1. The van der Waals surface area contributed by atoms with Gasteiger partial charge in [0.15, 0.2) is 11.8 Å². The fraction of sp³-hybridized carbons (Fsp3) is 0.500. The Morgan fingerprint density at radius 3 is 2.61 bits per heavy atom. The van der Waals surface area contributed by atoms with Gasteiger partial charge in [-0.2, -0.15) is 4.99 Å². The summed E-state index contributed by atoms with van der Waals surface area (Å²) in [4.78, 5) is 24.8. The normalized spacial score (nSPS) is 20.7. The summed E-state index contributed by atoms with van der Waals surface area (Å²) >= 11 is 0. The van der Waals surface area contributed by atoms with Crippen LogP contribution in [0.2, 0.25) is 0 Å². The van der Waals surface area contributed by atoms with Gasteiger partial charge in [-0.3, -0.25) is 9.36 Å². The summed E-state index contributed by atoms with van der Waals surface area (Å²) in [6, 6.07) is 6.74. The van der Waals surface area contributed by atoms with Gasteiger partial charge in [-0.15, -0.1) is 0 Å². The van der Waals surface area contributed by atoms with Crippen LogP contribution in [0, 0.1) is 0 Å². The van der Waals surface area contributed by atoms with E-state index >= 15 is 0 Å². The molecule has 3 heterocycles. The molecule has 4 N–H and O–H groups in total. The minimum absolute atomic E-state index is 0.0939. The van der Waals surface area contributed by atoms with Crippen molar-refractivity contribution >= 4 is 28.7 Å². The predicted octanol–water partition coefficient (Wildman–Crippen LogP) is 2.04. The van der Waals surface area contributed by atoms with Crippen molar-refractivity contribution in [1.82, 2.24) is 24.7 Å². The second kappa shape index (κ2) is 10.7. The number of nitrogens with zero attached hydrogens (tertiary/aromatic N) is 5. The van der Waals surface area contributed by atoms with Gasteiger partial charge in [0.2, 0.25) is 0 Å². The zero-order valence-electron chi connectivity index (χ0n) is 21.2. The van der Waals surface area contributed by atoms with Crippen LogP contribution in [0.25, 0.3) is 16.9 Å². The fourth-order valence-electron chi connectivity index (χ4n) is 5.22. The van der Waals surface area contributed by atoms with Crippen LogP contribution < -0.4 is 11.1 Å². The fourth-order valence-corrected chi connectivity index (χ4v) is 5.22. The minimum atomic E-state index is -2.85. The van der Waals surface area contributed by atoms with Gasteiger partial charge in [-0.1, -0.05) is 18.7 Å². The molecule has 1 aliphatic carbocycles. The number of rotatable bonds is 7. The van der Waals surface area contributed by atoms with Gasteiger partial charge >= 0.3 is 0 Å². The molecule has 0 atom stereocenters. The Morgan fingerprint density at radius 2 is 1.92 bits per heavy atom. The van der Waals surface area contributed by atoms with Crippen molar-refractivity contribution < 1.29 is 23.4 Å². The van der Waals surface area contributed by atoms with E-state index in [1.165, 1.54) is 4.57 Å². The largest absolute Gasteiger partial charge is 0.380 e. The van der Waals surface area contributed by atoms with E-state index in [-0.39, 0.29) is 23.7 Å². The zero-order valence-corrected chi connectivity index (χ0v) is 21.2. The topological polar surface area (TPSA) is 121 Å². The first-order valence-electron chi connectivity index (χ1n) is 12.9. The number of imidazole rings is 1. The SMILES string of the molecule is C=C(/C=C(\N=C(/N)N1CCOCC1)n1c(C(F)F)nc2ccccc21)NC1CN(C(=O)C2(O)CCCC2)C1. The van der Waals surface area contributed by atoms with E-state index in [4.69, 9.17) is 10.5 Å². The number of hydrogen-bond donors (Lipinski definition) is 3. The number of halogens is 2. The van der Waals surface area contributed by atoms with E-state index in [0.717, 1.165) is 12.8 Å². The van der Waals surface area contributed by atoms with Crippen LogP contribution in [0.15, 0.2) is 47.6 Å². The number of ether oxygens (including phenoxy) is 1. The molecule has 1 saturated carbocycles. The molecule has 12 heteroatoms. The van der Waals surface area contributed by atoms with Crippen molar-refractivity contribution in [3.05, 3.63) is 48.4 Å². The summed E-state index contributed by atoms with van der Waals surface area (Å²) in [5.41, 5.74) is 6.34. The molecule has 2 aliphatic heterocycles. The number of aliphatic imine (C=N–C) groups is 1. The number of allylic oxidation sites excluding steroid dienone is 1. The summed E-state index contributed by atoms with van der Waals surface area (Å²) in [6.07, 6.45) is 1.39. The van der Waals surface area contributed by atoms with Gasteiger partial charge in [0.1, 0.15) is 11.4 Å². The smallest absolute Gasteiger partial charge is 0.296 e.